The van der Waals surface area contributed by atoms with Crippen LogP contribution >= 0.6 is 0 Å². The van der Waals surface area contributed by atoms with Crippen molar-refractivity contribution < 1.29 is 4.39 Å². The number of rotatable bonds is 4. The van der Waals surface area contributed by atoms with Gasteiger partial charge in [0.15, 0.2) is 0 Å². The third kappa shape index (κ3) is 3.51. The molecular weight excluding hydrogens is 215 g/mol. The number of halogens is 1. The minimum atomic E-state index is -0.154. The molecule has 1 fully saturated rings. The number of nitrogens with zero attached hydrogens (tertiary/aromatic N) is 1. The second-order valence-corrected chi connectivity index (χ2v) is 4.67. The lowest BCUT2D eigenvalue weighted by molar-refractivity contribution is 0.162. The maximum Gasteiger partial charge on any atom is 0.123 e. The molecule has 17 heavy (non-hydrogen) atoms. The van der Waals surface area contributed by atoms with Crippen LogP contribution < -0.4 is 5.32 Å². The van der Waals surface area contributed by atoms with Crippen LogP contribution in [0, 0.1) is 5.82 Å². The van der Waals surface area contributed by atoms with E-state index in [1.54, 1.807) is 12.1 Å². The molecule has 0 radical (unpaired) electrons. The van der Waals surface area contributed by atoms with Crippen molar-refractivity contribution >= 4 is 0 Å². The molecule has 0 aliphatic carbocycles. The molecule has 2 nitrogen and oxygen atoms in total. The Morgan fingerprint density at radius 1 is 1.24 bits per heavy atom. The van der Waals surface area contributed by atoms with Gasteiger partial charge in [-0.2, -0.15) is 0 Å². The first kappa shape index (κ1) is 12.5. The van der Waals surface area contributed by atoms with Gasteiger partial charge in [0.1, 0.15) is 5.82 Å². The molecule has 0 bridgehead atoms. The van der Waals surface area contributed by atoms with Crippen LogP contribution in [0.3, 0.4) is 0 Å². The van der Waals surface area contributed by atoms with Crippen molar-refractivity contribution in [3.8, 4) is 0 Å². The molecule has 1 N–H and O–H groups in total. The van der Waals surface area contributed by atoms with Crippen LogP contribution in [0.4, 0.5) is 4.39 Å². The standard InChI is InChI=1S/C14H21FN2/c1-2-17(14-7-9-16-10-8-14)11-12-3-5-13(15)6-4-12/h3-6,14,16H,2,7-11H2,1H3. The fourth-order valence-electron chi connectivity index (χ4n) is 2.50. The second kappa shape index (κ2) is 6.12. The van der Waals surface area contributed by atoms with Crippen LogP contribution in [0.15, 0.2) is 24.3 Å². The number of benzene rings is 1. The summed E-state index contributed by atoms with van der Waals surface area (Å²) in [6.07, 6.45) is 2.43. The predicted octanol–water partition coefficient (Wildman–Crippen LogP) is 2.40. The van der Waals surface area contributed by atoms with Gasteiger partial charge in [-0.15, -0.1) is 0 Å². The SMILES string of the molecule is CCN(Cc1ccc(F)cc1)C1CCNCC1. The molecule has 1 aliphatic heterocycles. The monoisotopic (exact) mass is 236 g/mol. The quantitative estimate of drug-likeness (QED) is 0.863. The van der Waals surface area contributed by atoms with Gasteiger partial charge < -0.3 is 5.32 Å². The number of hydrogen-bond donors (Lipinski definition) is 1. The highest BCUT2D eigenvalue weighted by atomic mass is 19.1. The van der Waals surface area contributed by atoms with Gasteiger partial charge in [-0.1, -0.05) is 19.1 Å². The van der Waals surface area contributed by atoms with Crippen molar-refractivity contribution in [1.29, 1.82) is 0 Å². The Labute approximate surface area is 103 Å². The molecule has 3 heteroatoms. The highest BCUT2D eigenvalue weighted by Gasteiger charge is 2.19. The topological polar surface area (TPSA) is 15.3 Å². The van der Waals surface area contributed by atoms with E-state index in [4.69, 9.17) is 0 Å². The zero-order chi connectivity index (χ0) is 12.1. The molecule has 94 valence electrons. The molecule has 0 amide bonds. The van der Waals surface area contributed by atoms with E-state index < -0.39 is 0 Å². The van der Waals surface area contributed by atoms with Crippen LogP contribution in [0.1, 0.15) is 25.3 Å². The Hall–Kier alpha value is -0.930. The second-order valence-electron chi connectivity index (χ2n) is 4.67. The smallest absolute Gasteiger partial charge is 0.123 e. The minimum Gasteiger partial charge on any atom is -0.317 e. The molecule has 0 unspecified atom stereocenters. The summed E-state index contributed by atoms with van der Waals surface area (Å²) in [6, 6.07) is 7.54. The normalized spacial score (nSPS) is 17.6. The summed E-state index contributed by atoms with van der Waals surface area (Å²) >= 11 is 0. The molecule has 2 rings (SSSR count). The molecule has 0 saturated carbocycles. The van der Waals surface area contributed by atoms with Crippen molar-refractivity contribution in [3.63, 3.8) is 0 Å². The van der Waals surface area contributed by atoms with E-state index in [1.165, 1.54) is 18.4 Å². The van der Waals surface area contributed by atoms with Crippen LogP contribution in [0.25, 0.3) is 0 Å². The van der Waals surface area contributed by atoms with Gasteiger partial charge >= 0.3 is 0 Å². The maximum atomic E-state index is 12.8. The lowest BCUT2D eigenvalue weighted by atomic mass is 10.0. The first-order valence-corrected chi connectivity index (χ1v) is 6.49. The molecule has 1 saturated heterocycles. The zero-order valence-corrected chi connectivity index (χ0v) is 10.5. The summed E-state index contributed by atoms with van der Waals surface area (Å²) in [5.74, 6) is -0.154. The van der Waals surface area contributed by atoms with Crippen molar-refractivity contribution in [3.05, 3.63) is 35.6 Å². The summed E-state index contributed by atoms with van der Waals surface area (Å²) in [7, 11) is 0. The van der Waals surface area contributed by atoms with Gasteiger partial charge in [0.2, 0.25) is 0 Å². The van der Waals surface area contributed by atoms with Crippen molar-refractivity contribution in [2.24, 2.45) is 0 Å². The van der Waals surface area contributed by atoms with E-state index in [2.05, 4.69) is 17.1 Å². The minimum absolute atomic E-state index is 0.154. The lowest BCUT2D eigenvalue weighted by Crippen LogP contribution is -2.42. The van der Waals surface area contributed by atoms with Gasteiger partial charge in [-0.25, -0.2) is 4.39 Å². The van der Waals surface area contributed by atoms with Crippen LogP contribution in [0.2, 0.25) is 0 Å². The first-order chi connectivity index (χ1) is 8.29. The summed E-state index contributed by atoms with van der Waals surface area (Å²) in [6.45, 7) is 6.42. The summed E-state index contributed by atoms with van der Waals surface area (Å²) in [5.41, 5.74) is 1.20. The van der Waals surface area contributed by atoms with E-state index >= 15 is 0 Å². The van der Waals surface area contributed by atoms with E-state index in [9.17, 15) is 4.39 Å². The Morgan fingerprint density at radius 3 is 2.47 bits per heavy atom. The maximum absolute atomic E-state index is 12.8. The number of hydrogen-bond acceptors (Lipinski definition) is 2. The third-order valence-electron chi connectivity index (χ3n) is 3.53. The Bertz CT molecular complexity index is 331. The molecule has 1 aliphatic rings. The fraction of sp³-hybridized carbons (Fsp3) is 0.571. The molecule has 0 atom stereocenters. The Balaban J connectivity index is 1.96. The largest absolute Gasteiger partial charge is 0.317 e. The number of piperidine rings is 1. The van der Waals surface area contributed by atoms with Gasteiger partial charge in [0.05, 0.1) is 0 Å². The molecule has 0 aromatic heterocycles. The fourth-order valence-corrected chi connectivity index (χ4v) is 2.50. The molecule has 1 heterocycles. The van der Waals surface area contributed by atoms with Crippen LogP contribution in [-0.2, 0) is 6.54 Å². The molecule has 1 aromatic rings. The van der Waals surface area contributed by atoms with Gasteiger partial charge in [0.25, 0.3) is 0 Å². The van der Waals surface area contributed by atoms with E-state index in [-0.39, 0.29) is 5.82 Å². The van der Waals surface area contributed by atoms with Crippen molar-refractivity contribution in [2.75, 3.05) is 19.6 Å². The first-order valence-electron chi connectivity index (χ1n) is 6.49. The van der Waals surface area contributed by atoms with Crippen molar-refractivity contribution in [1.82, 2.24) is 10.2 Å². The third-order valence-corrected chi connectivity index (χ3v) is 3.53. The molecule has 0 spiro atoms. The van der Waals surface area contributed by atoms with Crippen LogP contribution in [0.5, 0.6) is 0 Å². The highest BCUT2D eigenvalue weighted by molar-refractivity contribution is 5.16. The van der Waals surface area contributed by atoms with Crippen molar-refractivity contribution in [2.45, 2.75) is 32.4 Å². The lowest BCUT2D eigenvalue weighted by Gasteiger charge is -2.33. The Morgan fingerprint density at radius 2 is 1.88 bits per heavy atom. The van der Waals surface area contributed by atoms with Gasteiger partial charge in [-0.3, -0.25) is 4.90 Å². The summed E-state index contributed by atoms with van der Waals surface area (Å²) in [4.78, 5) is 2.49. The molecular formula is C14H21FN2. The predicted molar refractivity (Wildman–Crippen MR) is 68.4 cm³/mol. The van der Waals surface area contributed by atoms with Gasteiger partial charge in [-0.05, 0) is 50.2 Å². The highest BCUT2D eigenvalue weighted by Crippen LogP contribution is 2.15. The van der Waals surface area contributed by atoms with Crippen LogP contribution in [-0.4, -0.2) is 30.6 Å². The van der Waals surface area contributed by atoms with E-state index in [1.807, 2.05) is 12.1 Å². The average molecular weight is 236 g/mol. The van der Waals surface area contributed by atoms with E-state index in [0.29, 0.717) is 6.04 Å². The number of nitrogens with one attached hydrogen (secondary N) is 1. The zero-order valence-electron chi connectivity index (χ0n) is 10.5. The Kier molecular flexibility index (Phi) is 4.51. The summed E-state index contributed by atoms with van der Waals surface area (Å²) < 4.78 is 12.8. The van der Waals surface area contributed by atoms with Gasteiger partial charge in [0, 0.05) is 12.6 Å². The van der Waals surface area contributed by atoms with E-state index in [0.717, 1.165) is 26.2 Å². The summed E-state index contributed by atoms with van der Waals surface area (Å²) in [5, 5.41) is 3.39. The molecule has 1 aromatic carbocycles. The average Bonchev–Trinajstić information content (AvgIpc) is 2.39.